The van der Waals surface area contributed by atoms with Gasteiger partial charge in [-0.15, -0.1) is 0 Å². The SMILES string of the molecule is CCOc1ccc(C(=O)N[C@H](C)COC)cc1COc1cc(C)cc(C)c1. The topological polar surface area (TPSA) is 56.8 Å². The van der Waals surface area contributed by atoms with Crippen LogP contribution in [0.4, 0.5) is 0 Å². The summed E-state index contributed by atoms with van der Waals surface area (Å²) in [5.41, 5.74) is 3.70. The quantitative estimate of drug-likeness (QED) is 0.723. The van der Waals surface area contributed by atoms with Crippen LogP contribution in [0, 0.1) is 13.8 Å². The molecule has 0 aromatic heterocycles. The Balaban J connectivity index is 2.17. The maximum Gasteiger partial charge on any atom is 0.251 e. The van der Waals surface area contributed by atoms with E-state index in [0.717, 1.165) is 28.2 Å². The molecule has 0 saturated heterocycles. The molecule has 0 saturated carbocycles. The van der Waals surface area contributed by atoms with E-state index < -0.39 is 0 Å². The highest BCUT2D eigenvalue weighted by atomic mass is 16.5. The van der Waals surface area contributed by atoms with Crippen LogP contribution in [0.3, 0.4) is 0 Å². The summed E-state index contributed by atoms with van der Waals surface area (Å²) in [7, 11) is 1.61. The first kappa shape index (κ1) is 20.8. The third-order valence-corrected chi connectivity index (χ3v) is 4.01. The van der Waals surface area contributed by atoms with Crippen molar-refractivity contribution < 1.29 is 19.0 Å². The number of hydrogen-bond acceptors (Lipinski definition) is 4. The van der Waals surface area contributed by atoms with Gasteiger partial charge in [-0.25, -0.2) is 0 Å². The first-order chi connectivity index (χ1) is 12.9. The standard InChI is InChI=1S/C22H29NO4/c1-6-26-21-8-7-18(22(24)23-17(4)13-25-5)12-19(21)14-27-20-10-15(2)9-16(3)11-20/h7-12,17H,6,13-14H2,1-5H3,(H,23,24)/t17-/m1/s1. The number of carbonyl (C=O) groups excluding carboxylic acids is 1. The highest BCUT2D eigenvalue weighted by molar-refractivity contribution is 5.94. The van der Waals surface area contributed by atoms with E-state index in [4.69, 9.17) is 14.2 Å². The van der Waals surface area contributed by atoms with E-state index in [1.807, 2.05) is 52.0 Å². The zero-order valence-corrected chi connectivity index (χ0v) is 16.8. The maximum absolute atomic E-state index is 12.5. The monoisotopic (exact) mass is 371 g/mol. The van der Waals surface area contributed by atoms with Crippen LogP contribution in [-0.2, 0) is 11.3 Å². The van der Waals surface area contributed by atoms with Crippen molar-refractivity contribution in [1.82, 2.24) is 5.32 Å². The van der Waals surface area contributed by atoms with Crippen LogP contribution in [0.25, 0.3) is 0 Å². The van der Waals surface area contributed by atoms with Crippen molar-refractivity contribution in [2.45, 2.75) is 40.3 Å². The third-order valence-electron chi connectivity index (χ3n) is 4.01. The molecule has 2 aromatic rings. The van der Waals surface area contributed by atoms with Gasteiger partial charge in [-0.05, 0) is 69.2 Å². The number of methoxy groups -OCH3 is 1. The normalized spacial score (nSPS) is 11.7. The molecule has 0 radical (unpaired) electrons. The van der Waals surface area contributed by atoms with Crippen molar-refractivity contribution in [1.29, 1.82) is 0 Å². The summed E-state index contributed by atoms with van der Waals surface area (Å²) in [5.74, 6) is 1.39. The van der Waals surface area contributed by atoms with E-state index in [1.165, 1.54) is 0 Å². The minimum atomic E-state index is -0.143. The van der Waals surface area contributed by atoms with Crippen LogP contribution in [0.2, 0.25) is 0 Å². The van der Waals surface area contributed by atoms with Gasteiger partial charge in [-0.1, -0.05) is 6.07 Å². The summed E-state index contributed by atoms with van der Waals surface area (Å²) in [6, 6.07) is 11.4. The Morgan fingerprint density at radius 3 is 2.41 bits per heavy atom. The highest BCUT2D eigenvalue weighted by Gasteiger charge is 2.13. The fraction of sp³-hybridized carbons (Fsp3) is 0.409. The lowest BCUT2D eigenvalue weighted by Gasteiger charge is -2.16. The zero-order valence-electron chi connectivity index (χ0n) is 16.8. The molecule has 2 rings (SSSR count). The molecule has 0 aliphatic heterocycles. The van der Waals surface area contributed by atoms with E-state index in [0.29, 0.717) is 25.4 Å². The lowest BCUT2D eigenvalue weighted by atomic mass is 10.1. The lowest BCUT2D eigenvalue weighted by Crippen LogP contribution is -2.35. The van der Waals surface area contributed by atoms with Crippen molar-refractivity contribution in [3.8, 4) is 11.5 Å². The number of amides is 1. The highest BCUT2D eigenvalue weighted by Crippen LogP contribution is 2.24. The summed E-state index contributed by atoms with van der Waals surface area (Å²) in [4.78, 5) is 12.5. The number of ether oxygens (including phenoxy) is 3. The molecule has 146 valence electrons. The molecular weight excluding hydrogens is 342 g/mol. The Morgan fingerprint density at radius 1 is 1.07 bits per heavy atom. The van der Waals surface area contributed by atoms with Crippen molar-refractivity contribution in [3.05, 3.63) is 58.7 Å². The van der Waals surface area contributed by atoms with Crippen molar-refractivity contribution in [2.24, 2.45) is 0 Å². The van der Waals surface area contributed by atoms with Gasteiger partial charge in [0.25, 0.3) is 5.91 Å². The fourth-order valence-electron chi connectivity index (χ4n) is 2.91. The lowest BCUT2D eigenvalue weighted by molar-refractivity contribution is 0.0905. The molecule has 1 amide bonds. The van der Waals surface area contributed by atoms with Crippen molar-refractivity contribution >= 4 is 5.91 Å². The van der Waals surface area contributed by atoms with E-state index in [2.05, 4.69) is 11.4 Å². The second-order valence-electron chi connectivity index (χ2n) is 6.70. The summed E-state index contributed by atoms with van der Waals surface area (Å²) >= 11 is 0. The van der Waals surface area contributed by atoms with Gasteiger partial charge in [0.05, 0.1) is 13.2 Å². The van der Waals surface area contributed by atoms with Gasteiger partial charge in [-0.2, -0.15) is 0 Å². The van der Waals surface area contributed by atoms with E-state index in [1.54, 1.807) is 13.2 Å². The Hall–Kier alpha value is -2.53. The number of benzene rings is 2. The Kier molecular flexibility index (Phi) is 7.67. The fourth-order valence-corrected chi connectivity index (χ4v) is 2.91. The molecular formula is C22H29NO4. The van der Waals surface area contributed by atoms with Gasteiger partial charge in [0.2, 0.25) is 0 Å². The molecule has 1 N–H and O–H groups in total. The minimum Gasteiger partial charge on any atom is -0.493 e. The Morgan fingerprint density at radius 2 is 1.78 bits per heavy atom. The van der Waals surface area contributed by atoms with Crippen molar-refractivity contribution in [2.75, 3.05) is 20.3 Å². The van der Waals surface area contributed by atoms with Crippen LogP contribution in [0.15, 0.2) is 36.4 Å². The molecule has 0 fully saturated rings. The van der Waals surface area contributed by atoms with Crippen LogP contribution >= 0.6 is 0 Å². The number of hydrogen-bond donors (Lipinski definition) is 1. The van der Waals surface area contributed by atoms with E-state index >= 15 is 0 Å². The second-order valence-corrected chi connectivity index (χ2v) is 6.70. The molecule has 5 nitrogen and oxygen atoms in total. The summed E-state index contributed by atoms with van der Waals surface area (Å²) < 4.78 is 16.7. The van der Waals surface area contributed by atoms with Crippen LogP contribution in [-0.4, -0.2) is 32.3 Å². The summed E-state index contributed by atoms with van der Waals surface area (Å²) in [6.45, 7) is 9.25. The second kappa shape index (κ2) is 9.97. The van der Waals surface area contributed by atoms with E-state index in [-0.39, 0.29) is 11.9 Å². The average Bonchev–Trinajstić information content (AvgIpc) is 2.60. The maximum atomic E-state index is 12.5. The van der Waals surface area contributed by atoms with Gasteiger partial charge in [0.15, 0.2) is 0 Å². The predicted octanol–water partition coefficient (Wildman–Crippen LogP) is 4.05. The van der Waals surface area contributed by atoms with Crippen LogP contribution in [0.1, 0.15) is 40.9 Å². The number of aryl methyl sites for hydroxylation is 2. The smallest absolute Gasteiger partial charge is 0.251 e. The van der Waals surface area contributed by atoms with Gasteiger partial charge < -0.3 is 19.5 Å². The largest absolute Gasteiger partial charge is 0.493 e. The molecule has 0 unspecified atom stereocenters. The zero-order chi connectivity index (χ0) is 19.8. The van der Waals surface area contributed by atoms with Crippen LogP contribution in [0.5, 0.6) is 11.5 Å². The molecule has 0 spiro atoms. The molecule has 0 heterocycles. The Labute approximate surface area is 161 Å². The third kappa shape index (κ3) is 6.29. The van der Waals surface area contributed by atoms with Gasteiger partial charge >= 0.3 is 0 Å². The average molecular weight is 371 g/mol. The number of rotatable bonds is 9. The summed E-state index contributed by atoms with van der Waals surface area (Å²) in [5, 5.41) is 2.92. The van der Waals surface area contributed by atoms with Gasteiger partial charge in [0.1, 0.15) is 18.1 Å². The first-order valence-electron chi connectivity index (χ1n) is 9.19. The molecule has 1 atom stereocenters. The van der Waals surface area contributed by atoms with Gasteiger partial charge in [0, 0.05) is 24.3 Å². The van der Waals surface area contributed by atoms with Crippen LogP contribution < -0.4 is 14.8 Å². The molecule has 27 heavy (non-hydrogen) atoms. The minimum absolute atomic E-state index is 0.0657. The molecule has 0 bridgehead atoms. The number of carbonyl (C=O) groups is 1. The van der Waals surface area contributed by atoms with E-state index in [9.17, 15) is 4.79 Å². The molecule has 0 aliphatic rings. The Bertz CT molecular complexity index is 753. The molecule has 2 aromatic carbocycles. The first-order valence-corrected chi connectivity index (χ1v) is 9.19. The van der Waals surface area contributed by atoms with Gasteiger partial charge in [-0.3, -0.25) is 4.79 Å². The summed E-state index contributed by atoms with van der Waals surface area (Å²) in [6.07, 6.45) is 0. The van der Waals surface area contributed by atoms with Crippen molar-refractivity contribution in [3.63, 3.8) is 0 Å². The predicted molar refractivity (Wildman–Crippen MR) is 107 cm³/mol. The molecule has 0 aliphatic carbocycles. The molecule has 5 heteroatoms. The number of nitrogens with one attached hydrogen (secondary N) is 1.